The maximum atomic E-state index is 13.3. The van der Waals surface area contributed by atoms with Crippen LogP contribution in [0, 0.1) is 5.92 Å². The lowest BCUT2D eigenvalue weighted by Gasteiger charge is -2.23. The third kappa shape index (κ3) is 1.93. The van der Waals surface area contributed by atoms with E-state index in [2.05, 4.69) is 15.9 Å². The largest absolute Gasteiger partial charge is 0.376 e. The highest BCUT2D eigenvalue weighted by Crippen LogP contribution is 2.48. The molecule has 0 N–H and O–H groups in total. The van der Waals surface area contributed by atoms with Crippen molar-refractivity contribution in [3.63, 3.8) is 0 Å². The van der Waals surface area contributed by atoms with Crippen LogP contribution in [0.4, 0.5) is 8.78 Å². The van der Waals surface area contributed by atoms with Gasteiger partial charge < -0.3 is 4.74 Å². The molecular weight excluding hydrogens is 266 g/mol. The Balaban J connectivity index is 2.37. The summed E-state index contributed by atoms with van der Waals surface area (Å²) in [5, 5.41) is 0. The van der Waals surface area contributed by atoms with E-state index in [1.165, 1.54) is 7.11 Å². The van der Waals surface area contributed by atoms with Crippen molar-refractivity contribution in [2.24, 2.45) is 5.92 Å². The number of ether oxygens (including phenoxy) is 1. The van der Waals surface area contributed by atoms with Gasteiger partial charge in [0.15, 0.2) is 0 Å². The molecule has 82 valence electrons. The van der Waals surface area contributed by atoms with E-state index in [1.54, 1.807) is 0 Å². The molecule has 0 aromatic heterocycles. The molecule has 0 heterocycles. The molecule has 15 heavy (non-hydrogen) atoms. The van der Waals surface area contributed by atoms with E-state index >= 15 is 0 Å². The maximum absolute atomic E-state index is 13.3. The molecule has 0 aliphatic heterocycles. The summed E-state index contributed by atoms with van der Waals surface area (Å²) >= 11 is 2.43. The lowest BCUT2D eigenvalue weighted by molar-refractivity contribution is -0.0392. The fourth-order valence-corrected chi connectivity index (χ4v) is 2.54. The van der Waals surface area contributed by atoms with Crippen LogP contribution in [0.3, 0.4) is 0 Å². The first kappa shape index (κ1) is 11.0. The van der Waals surface area contributed by atoms with Crippen LogP contribution < -0.4 is 0 Å². The van der Waals surface area contributed by atoms with Gasteiger partial charge in [-0.05, 0) is 33.5 Å². The monoisotopic (exact) mass is 276 g/mol. The van der Waals surface area contributed by atoms with Gasteiger partial charge >= 0.3 is 4.83 Å². The summed E-state index contributed by atoms with van der Waals surface area (Å²) in [6.45, 7) is 0. The summed E-state index contributed by atoms with van der Waals surface area (Å²) < 4.78 is 31.7. The first-order valence-corrected chi connectivity index (χ1v) is 5.50. The maximum Gasteiger partial charge on any atom is 0.307 e. The third-order valence-corrected chi connectivity index (χ3v) is 3.43. The van der Waals surface area contributed by atoms with Gasteiger partial charge in [0.1, 0.15) is 0 Å². The van der Waals surface area contributed by atoms with E-state index < -0.39 is 16.9 Å². The predicted octanol–water partition coefficient (Wildman–Crippen LogP) is 3.53. The number of alkyl halides is 3. The molecule has 4 heteroatoms. The van der Waals surface area contributed by atoms with Crippen LogP contribution in [-0.4, -0.2) is 11.9 Å². The number of hydrogen-bond acceptors (Lipinski definition) is 1. The smallest absolute Gasteiger partial charge is 0.307 e. The Hall–Kier alpha value is -0.480. The molecule has 2 rings (SSSR count). The third-order valence-electron chi connectivity index (χ3n) is 2.84. The quantitative estimate of drug-likeness (QED) is 0.751. The molecule has 0 saturated heterocycles. The van der Waals surface area contributed by atoms with Gasteiger partial charge in [-0.1, -0.05) is 24.3 Å². The van der Waals surface area contributed by atoms with E-state index in [0.29, 0.717) is 6.42 Å². The second kappa shape index (κ2) is 3.83. The highest BCUT2D eigenvalue weighted by molar-refractivity contribution is 9.10. The lowest BCUT2D eigenvalue weighted by Crippen LogP contribution is -2.26. The average molecular weight is 277 g/mol. The van der Waals surface area contributed by atoms with Crippen molar-refractivity contribution in [3.8, 4) is 0 Å². The molecule has 1 nitrogen and oxygen atoms in total. The molecule has 0 radical (unpaired) electrons. The topological polar surface area (TPSA) is 9.23 Å². The van der Waals surface area contributed by atoms with Gasteiger partial charge in [-0.3, -0.25) is 0 Å². The fourth-order valence-electron chi connectivity index (χ4n) is 2.14. The van der Waals surface area contributed by atoms with Crippen LogP contribution in [0.1, 0.15) is 17.2 Å². The molecule has 1 aliphatic rings. The SMILES string of the molecule is COC1c2ccccc2CC1C(F)(F)Br. The molecule has 0 spiro atoms. The van der Waals surface area contributed by atoms with Crippen LogP contribution in [0.25, 0.3) is 0 Å². The Bertz CT molecular complexity index is 362. The van der Waals surface area contributed by atoms with Crippen molar-refractivity contribution >= 4 is 15.9 Å². The Morgan fingerprint density at radius 2 is 2.07 bits per heavy atom. The number of methoxy groups -OCH3 is 1. The van der Waals surface area contributed by atoms with Crippen molar-refractivity contribution in [2.45, 2.75) is 17.4 Å². The van der Waals surface area contributed by atoms with Crippen LogP contribution in [0.5, 0.6) is 0 Å². The van der Waals surface area contributed by atoms with E-state index in [4.69, 9.17) is 4.74 Å². The Kier molecular flexibility index (Phi) is 2.81. The minimum absolute atomic E-state index is 0.354. The Labute approximate surface area is 95.6 Å². The normalized spacial score (nSPS) is 25.3. The van der Waals surface area contributed by atoms with Gasteiger partial charge in [0.2, 0.25) is 0 Å². The van der Waals surface area contributed by atoms with Gasteiger partial charge in [0.05, 0.1) is 12.0 Å². The minimum Gasteiger partial charge on any atom is -0.376 e. The first-order valence-electron chi connectivity index (χ1n) is 4.71. The minimum atomic E-state index is -2.88. The number of benzene rings is 1. The van der Waals surface area contributed by atoms with E-state index in [9.17, 15) is 8.78 Å². The zero-order chi connectivity index (χ0) is 11.1. The molecule has 1 aromatic rings. The van der Waals surface area contributed by atoms with Gasteiger partial charge in [-0.2, -0.15) is 8.78 Å². The highest BCUT2D eigenvalue weighted by atomic mass is 79.9. The predicted molar refractivity (Wildman–Crippen MR) is 57.3 cm³/mol. The van der Waals surface area contributed by atoms with Crippen molar-refractivity contribution in [3.05, 3.63) is 35.4 Å². The van der Waals surface area contributed by atoms with Crippen molar-refractivity contribution < 1.29 is 13.5 Å². The summed E-state index contributed by atoms with van der Waals surface area (Å²) in [7, 11) is 1.47. The van der Waals surface area contributed by atoms with Crippen LogP contribution in [0.15, 0.2) is 24.3 Å². The summed E-state index contributed by atoms with van der Waals surface area (Å²) in [4.78, 5) is -2.88. The molecular formula is C11H11BrF2O. The zero-order valence-electron chi connectivity index (χ0n) is 8.21. The van der Waals surface area contributed by atoms with E-state index in [1.807, 2.05) is 24.3 Å². The molecule has 0 fully saturated rings. The standard InChI is InChI=1S/C11H11BrF2O/c1-15-10-8-5-3-2-4-7(8)6-9(10)11(12,13)14/h2-5,9-10H,6H2,1H3. The summed E-state index contributed by atoms with van der Waals surface area (Å²) in [6.07, 6.45) is -0.164. The van der Waals surface area contributed by atoms with E-state index in [-0.39, 0.29) is 0 Å². The van der Waals surface area contributed by atoms with E-state index in [0.717, 1.165) is 11.1 Å². The molecule has 1 aliphatic carbocycles. The zero-order valence-corrected chi connectivity index (χ0v) is 9.80. The average Bonchev–Trinajstić information content (AvgIpc) is 2.55. The molecule has 2 unspecified atom stereocenters. The van der Waals surface area contributed by atoms with Crippen molar-refractivity contribution in [2.75, 3.05) is 7.11 Å². The molecule has 0 saturated carbocycles. The highest BCUT2D eigenvalue weighted by Gasteiger charge is 2.47. The van der Waals surface area contributed by atoms with Gasteiger partial charge in [-0.15, -0.1) is 0 Å². The molecule has 0 amide bonds. The van der Waals surface area contributed by atoms with Crippen LogP contribution >= 0.6 is 15.9 Å². The fraction of sp³-hybridized carbons (Fsp3) is 0.455. The summed E-state index contributed by atoms with van der Waals surface area (Å²) in [6, 6.07) is 7.43. The second-order valence-corrected chi connectivity index (χ2v) is 4.76. The summed E-state index contributed by atoms with van der Waals surface area (Å²) in [5.41, 5.74) is 1.83. The van der Waals surface area contributed by atoms with Gasteiger partial charge in [0.25, 0.3) is 0 Å². The second-order valence-electron chi connectivity index (χ2n) is 3.71. The number of fused-ring (bicyclic) bond motifs is 1. The molecule has 1 aromatic carbocycles. The Morgan fingerprint density at radius 3 is 2.67 bits per heavy atom. The van der Waals surface area contributed by atoms with Gasteiger partial charge in [-0.25, -0.2) is 0 Å². The lowest BCUT2D eigenvalue weighted by atomic mass is 10.0. The van der Waals surface area contributed by atoms with Crippen LogP contribution in [-0.2, 0) is 11.2 Å². The van der Waals surface area contributed by atoms with Crippen molar-refractivity contribution in [1.82, 2.24) is 0 Å². The first-order chi connectivity index (χ1) is 7.04. The molecule has 0 bridgehead atoms. The number of rotatable bonds is 2. The van der Waals surface area contributed by atoms with Gasteiger partial charge in [0, 0.05) is 7.11 Å². The van der Waals surface area contributed by atoms with Crippen molar-refractivity contribution in [1.29, 1.82) is 0 Å². The number of hydrogen-bond donors (Lipinski definition) is 0. The molecule has 2 atom stereocenters. The van der Waals surface area contributed by atoms with Crippen LogP contribution in [0.2, 0.25) is 0 Å². The number of halogens is 3. The Morgan fingerprint density at radius 1 is 1.40 bits per heavy atom. The summed E-state index contributed by atoms with van der Waals surface area (Å²) in [5.74, 6) is -0.820.